The minimum Gasteiger partial charge on any atom is -0.370 e. The van der Waals surface area contributed by atoms with E-state index in [1.165, 1.54) is 6.21 Å². The summed E-state index contributed by atoms with van der Waals surface area (Å²) in [6.45, 7) is 2.51. The second kappa shape index (κ2) is 9.76. The standard InChI is InChI=1S/C20H23N7OS/c1-17(29)25-19-7-5-18(6-8-19)15-28-16-20(22-10-2-9-21,26-13-3-11-23-26)27-14-4-12-24-27/h2-14,21-22H,15-16H2,1H3,(H,25,29)/b10-2-,21-9?. The van der Waals surface area contributed by atoms with Crippen molar-refractivity contribution >= 4 is 29.1 Å². The molecule has 0 radical (unpaired) electrons. The molecule has 0 aliphatic rings. The Morgan fingerprint density at radius 1 is 1.17 bits per heavy atom. The molecule has 0 atom stereocenters. The van der Waals surface area contributed by atoms with Crippen LogP contribution < -0.4 is 10.6 Å². The summed E-state index contributed by atoms with van der Waals surface area (Å²) < 4.78 is 9.54. The minimum absolute atomic E-state index is 0.248. The second-order valence-corrected chi connectivity index (χ2v) is 6.87. The normalized spacial score (nSPS) is 11.5. The number of ether oxygens (including phenoxy) is 1. The number of hydrogen-bond donors (Lipinski definition) is 3. The van der Waals surface area contributed by atoms with E-state index in [1.807, 2.05) is 55.7 Å². The van der Waals surface area contributed by atoms with Crippen LogP contribution in [0.15, 0.2) is 73.5 Å². The van der Waals surface area contributed by atoms with Gasteiger partial charge < -0.3 is 20.8 Å². The maximum absolute atomic E-state index is 7.23. The van der Waals surface area contributed by atoms with E-state index in [1.54, 1.807) is 34.0 Å². The number of nitrogens with one attached hydrogen (secondary N) is 3. The lowest BCUT2D eigenvalue weighted by atomic mass is 10.2. The van der Waals surface area contributed by atoms with Gasteiger partial charge in [-0.05, 0) is 42.8 Å². The summed E-state index contributed by atoms with van der Waals surface area (Å²) in [5.41, 5.74) is 1.98. The highest BCUT2D eigenvalue weighted by Crippen LogP contribution is 2.17. The van der Waals surface area contributed by atoms with Crippen molar-refractivity contribution in [3.05, 3.63) is 79.0 Å². The molecule has 9 heteroatoms. The molecule has 29 heavy (non-hydrogen) atoms. The van der Waals surface area contributed by atoms with Crippen LogP contribution in [0.3, 0.4) is 0 Å². The van der Waals surface area contributed by atoms with Gasteiger partial charge in [-0.3, -0.25) is 0 Å². The van der Waals surface area contributed by atoms with Crippen LogP contribution in [0.5, 0.6) is 0 Å². The van der Waals surface area contributed by atoms with Gasteiger partial charge in [-0.25, -0.2) is 9.36 Å². The van der Waals surface area contributed by atoms with Gasteiger partial charge in [0.1, 0.15) is 6.61 Å². The number of nitrogens with zero attached hydrogens (tertiary/aromatic N) is 4. The predicted octanol–water partition coefficient (Wildman–Crippen LogP) is 2.97. The molecular formula is C20H23N7OS. The first-order valence-electron chi connectivity index (χ1n) is 9.02. The van der Waals surface area contributed by atoms with Crippen molar-refractivity contribution in [2.75, 3.05) is 11.9 Å². The van der Waals surface area contributed by atoms with Crippen LogP contribution >= 0.6 is 12.2 Å². The average Bonchev–Trinajstić information content (AvgIpc) is 3.42. The van der Waals surface area contributed by atoms with Gasteiger partial charge in [-0.15, -0.1) is 0 Å². The zero-order valence-corrected chi connectivity index (χ0v) is 16.8. The molecule has 3 rings (SSSR count). The lowest BCUT2D eigenvalue weighted by Crippen LogP contribution is -2.55. The van der Waals surface area contributed by atoms with Crippen molar-refractivity contribution in [3.8, 4) is 0 Å². The van der Waals surface area contributed by atoms with Crippen LogP contribution in [-0.2, 0) is 17.1 Å². The predicted molar refractivity (Wildman–Crippen MR) is 117 cm³/mol. The maximum atomic E-state index is 7.23. The first-order valence-corrected chi connectivity index (χ1v) is 9.43. The Morgan fingerprint density at radius 2 is 1.83 bits per heavy atom. The van der Waals surface area contributed by atoms with Gasteiger partial charge in [0.25, 0.3) is 5.79 Å². The number of aromatic nitrogens is 4. The monoisotopic (exact) mass is 409 g/mol. The second-order valence-electron chi connectivity index (χ2n) is 6.26. The quantitative estimate of drug-likeness (QED) is 0.352. The molecule has 0 unspecified atom stereocenters. The Bertz CT molecular complexity index is 900. The van der Waals surface area contributed by atoms with Crippen molar-refractivity contribution in [2.45, 2.75) is 19.3 Å². The summed E-state index contributed by atoms with van der Waals surface area (Å²) in [6.07, 6.45) is 11.5. The van der Waals surface area contributed by atoms with Crippen LogP contribution in [0.25, 0.3) is 0 Å². The van der Waals surface area contributed by atoms with Crippen LogP contribution in [0.1, 0.15) is 12.5 Å². The van der Waals surface area contributed by atoms with Gasteiger partial charge in [-0.1, -0.05) is 24.4 Å². The summed E-state index contributed by atoms with van der Waals surface area (Å²) in [7, 11) is 0. The van der Waals surface area contributed by atoms with Gasteiger partial charge in [0.2, 0.25) is 0 Å². The Hall–Kier alpha value is -3.30. The molecule has 8 nitrogen and oxygen atoms in total. The van der Waals surface area contributed by atoms with Crippen LogP contribution in [0.2, 0.25) is 0 Å². The Morgan fingerprint density at radius 3 is 2.34 bits per heavy atom. The SMILES string of the molecule is CC(=S)Nc1ccc(COCC(N/C=C\C=N)(n2cccn2)n2cccn2)cc1. The largest absolute Gasteiger partial charge is 0.370 e. The van der Waals surface area contributed by atoms with Crippen molar-refractivity contribution in [2.24, 2.45) is 0 Å². The van der Waals surface area contributed by atoms with Crippen LogP contribution in [0, 0.1) is 5.41 Å². The molecule has 3 N–H and O–H groups in total. The summed E-state index contributed by atoms with van der Waals surface area (Å²) in [5.74, 6) is -0.914. The van der Waals surface area contributed by atoms with Gasteiger partial charge in [-0.2, -0.15) is 10.2 Å². The molecule has 3 aromatic rings. The Labute approximate surface area is 174 Å². The van der Waals surface area contributed by atoms with E-state index in [9.17, 15) is 0 Å². The van der Waals surface area contributed by atoms with E-state index in [0.29, 0.717) is 6.61 Å². The third-order valence-corrected chi connectivity index (χ3v) is 4.22. The van der Waals surface area contributed by atoms with Crippen molar-refractivity contribution in [1.29, 1.82) is 5.41 Å². The van der Waals surface area contributed by atoms with E-state index < -0.39 is 5.79 Å². The minimum atomic E-state index is -0.914. The smallest absolute Gasteiger partial charge is 0.251 e. The van der Waals surface area contributed by atoms with E-state index in [4.69, 9.17) is 22.4 Å². The molecule has 2 aromatic heterocycles. The lowest BCUT2D eigenvalue weighted by molar-refractivity contribution is -0.00455. The molecule has 0 amide bonds. The van der Waals surface area contributed by atoms with Gasteiger partial charge in [0, 0.05) is 42.9 Å². The van der Waals surface area contributed by atoms with Crippen LogP contribution in [-0.4, -0.2) is 37.4 Å². The highest BCUT2D eigenvalue weighted by atomic mass is 32.1. The summed E-state index contributed by atoms with van der Waals surface area (Å²) in [5, 5.41) is 22.4. The maximum Gasteiger partial charge on any atom is 0.251 e. The molecule has 1 aromatic carbocycles. The van der Waals surface area contributed by atoms with E-state index in [2.05, 4.69) is 20.8 Å². The third kappa shape index (κ3) is 5.15. The van der Waals surface area contributed by atoms with Gasteiger partial charge in [0.05, 0.1) is 11.6 Å². The molecule has 0 aliphatic carbocycles. The van der Waals surface area contributed by atoms with E-state index in [0.717, 1.165) is 16.2 Å². The highest BCUT2D eigenvalue weighted by Gasteiger charge is 2.35. The van der Waals surface area contributed by atoms with Gasteiger partial charge in [0.15, 0.2) is 0 Å². The summed E-state index contributed by atoms with van der Waals surface area (Å²) in [6, 6.07) is 11.6. The first kappa shape index (κ1) is 20.4. The lowest BCUT2D eigenvalue weighted by Gasteiger charge is -2.34. The Balaban J connectivity index is 1.77. The molecule has 0 bridgehead atoms. The molecule has 150 valence electrons. The summed E-state index contributed by atoms with van der Waals surface area (Å²) in [4.78, 5) is 0.723. The van der Waals surface area contributed by atoms with Crippen molar-refractivity contribution < 1.29 is 4.74 Å². The molecule has 0 spiro atoms. The Kier molecular flexibility index (Phi) is 6.88. The first-order chi connectivity index (χ1) is 14.1. The number of hydrogen-bond acceptors (Lipinski definition) is 6. The van der Waals surface area contributed by atoms with E-state index >= 15 is 0 Å². The highest BCUT2D eigenvalue weighted by molar-refractivity contribution is 7.80. The topological polar surface area (TPSA) is 92.8 Å². The number of anilines is 1. The average molecular weight is 410 g/mol. The fourth-order valence-electron chi connectivity index (χ4n) is 2.81. The molecule has 0 aliphatic heterocycles. The molecular weight excluding hydrogens is 386 g/mol. The molecule has 0 fully saturated rings. The fraction of sp³-hybridized carbons (Fsp3) is 0.200. The van der Waals surface area contributed by atoms with Crippen LogP contribution in [0.4, 0.5) is 5.69 Å². The zero-order chi connectivity index (χ0) is 20.5. The molecule has 0 saturated heterocycles. The number of rotatable bonds is 10. The van der Waals surface area contributed by atoms with Gasteiger partial charge >= 0.3 is 0 Å². The van der Waals surface area contributed by atoms with E-state index in [-0.39, 0.29) is 6.61 Å². The fourth-order valence-corrected chi connectivity index (χ4v) is 2.93. The summed E-state index contributed by atoms with van der Waals surface area (Å²) >= 11 is 5.06. The number of thiocarbonyl (C=S) groups is 1. The number of allylic oxidation sites excluding steroid dienone is 1. The molecule has 0 saturated carbocycles. The molecule has 2 heterocycles. The zero-order valence-electron chi connectivity index (χ0n) is 16.0. The third-order valence-electron chi connectivity index (χ3n) is 4.12. The number of benzene rings is 1. The van der Waals surface area contributed by atoms with Crippen molar-refractivity contribution in [1.82, 2.24) is 24.9 Å². The van der Waals surface area contributed by atoms with Crippen molar-refractivity contribution in [3.63, 3.8) is 0 Å².